The lowest BCUT2D eigenvalue weighted by Gasteiger charge is -2.06. The predicted octanol–water partition coefficient (Wildman–Crippen LogP) is 4.65. The Morgan fingerprint density at radius 2 is 1.85 bits per heavy atom. The zero-order valence-corrected chi connectivity index (χ0v) is 15.7. The van der Waals surface area contributed by atoms with E-state index in [0.29, 0.717) is 23.1 Å². The van der Waals surface area contributed by atoms with Crippen LogP contribution < -0.4 is 5.56 Å². The Kier molecular flexibility index (Phi) is 4.39. The van der Waals surface area contributed by atoms with Crippen LogP contribution in [0, 0.1) is 6.92 Å². The molecule has 0 fully saturated rings. The summed E-state index contributed by atoms with van der Waals surface area (Å²) in [7, 11) is 0. The van der Waals surface area contributed by atoms with Gasteiger partial charge in [0.15, 0.2) is 0 Å². The molecule has 4 rings (SSSR count). The molecule has 2 heterocycles. The number of rotatable bonds is 3. The van der Waals surface area contributed by atoms with Crippen molar-refractivity contribution in [2.75, 3.05) is 0 Å². The van der Waals surface area contributed by atoms with Gasteiger partial charge in [0, 0.05) is 22.7 Å². The molecule has 5 heteroatoms. The highest BCUT2D eigenvalue weighted by Crippen LogP contribution is 2.20. The average molecular weight is 406 g/mol. The maximum atomic E-state index is 12.3. The summed E-state index contributed by atoms with van der Waals surface area (Å²) >= 11 is 3.38. The molecule has 26 heavy (non-hydrogen) atoms. The van der Waals surface area contributed by atoms with Crippen LogP contribution in [0.4, 0.5) is 0 Å². The number of benzene rings is 2. The molecule has 0 unspecified atom stereocenters. The number of fused-ring (bicyclic) bond motifs is 1. The standard InChI is InChI=1S/C21H16BrN3O/c1-13-8-9-23-19(10-13)15-4-2-14(3-5-15)11-20-24-18-7-6-16(22)12-17(18)21(26)25-20/h2-10,12H,11H2,1H3,(H,24,25,26). The number of aromatic amines is 1. The van der Waals surface area contributed by atoms with E-state index in [9.17, 15) is 4.79 Å². The fourth-order valence-electron chi connectivity index (χ4n) is 2.92. The molecule has 4 aromatic rings. The number of pyridine rings is 1. The van der Waals surface area contributed by atoms with E-state index in [1.807, 2.05) is 48.7 Å². The summed E-state index contributed by atoms with van der Waals surface area (Å²) in [6.45, 7) is 2.06. The SMILES string of the molecule is Cc1ccnc(-c2ccc(Cc3nc4ccc(Br)cc4c(=O)[nH]3)cc2)c1. The number of aryl methyl sites for hydroxylation is 1. The van der Waals surface area contributed by atoms with Crippen LogP contribution >= 0.6 is 15.9 Å². The predicted molar refractivity (Wildman–Crippen MR) is 107 cm³/mol. The Balaban J connectivity index is 1.62. The van der Waals surface area contributed by atoms with Gasteiger partial charge in [0.1, 0.15) is 5.82 Å². The molecule has 0 saturated heterocycles. The van der Waals surface area contributed by atoms with Crippen molar-refractivity contribution in [3.63, 3.8) is 0 Å². The molecular formula is C21H16BrN3O. The van der Waals surface area contributed by atoms with Crippen molar-refractivity contribution in [1.82, 2.24) is 15.0 Å². The monoisotopic (exact) mass is 405 g/mol. The normalized spacial score (nSPS) is 11.0. The van der Waals surface area contributed by atoms with Crippen LogP contribution in [0.25, 0.3) is 22.2 Å². The third-order valence-electron chi connectivity index (χ3n) is 4.25. The number of nitrogens with zero attached hydrogens (tertiary/aromatic N) is 2. The van der Waals surface area contributed by atoms with Gasteiger partial charge in [0.25, 0.3) is 5.56 Å². The third-order valence-corrected chi connectivity index (χ3v) is 4.75. The van der Waals surface area contributed by atoms with Crippen molar-refractivity contribution in [1.29, 1.82) is 0 Å². The van der Waals surface area contributed by atoms with Gasteiger partial charge in [0.05, 0.1) is 16.6 Å². The molecule has 0 aliphatic heterocycles. The zero-order chi connectivity index (χ0) is 18.1. The van der Waals surface area contributed by atoms with E-state index in [-0.39, 0.29) is 5.56 Å². The van der Waals surface area contributed by atoms with Crippen molar-refractivity contribution < 1.29 is 0 Å². The van der Waals surface area contributed by atoms with Gasteiger partial charge in [-0.15, -0.1) is 0 Å². The van der Waals surface area contributed by atoms with E-state index >= 15 is 0 Å². The van der Waals surface area contributed by atoms with Crippen molar-refractivity contribution >= 4 is 26.8 Å². The van der Waals surface area contributed by atoms with E-state index < -0.39 is 0 Å². The quantitative estimate of drug-likeness (QED) is 0.539. The van der Waals surface area contributed by atoms with Gasteiger partial charge < -0.3 is 4.98 Å². The molecule has 2 aromatic carbocycles. The van der Waals surface area contributed by atoms with Crippen molar-refractivity contribution in [3.8, 4) is 11.3 Å². The Morgan fingerprint density at radius 3 is 2.62 bits per heavy atom. The van der Waals surface area contributed by atoms with Gasteiger partial charge >= 0.3 is 0 Å². The molecule has 0 aliphatic rings. The molecule has 0 atom stereocenters. The topological polar surface area (TPSA) is 58.6 Å². The molecule has 2 aromatic heterocycles. The first-order valence-corrected chi connectivity index (χ1v) is 9.08. The Bertz CT molecular complexity index is 1150. The van der Waals surface area contributed by atoms with E-state index in [0.717, 1.165) is 21.3 Å². The van der Waals surface area contributed by atoms with Gasteiger partial charge in [-0.3, -0.25) is 9.78 Å². The molecule has 0 saturated carbocycles. The van der Waals surface area contributed by atoms with Gasteiger partial charge in [0.2, 0.25) is 0 Å². The second-order valence-corrected chi connectivity index (χ2v) is 7.18. The molecule has 0 radical (unpaired) electrons. The van der Waals surface area contributed by atoms with Crippen molar-refractivity contribution in [3.05, 3.63) is 92.6 Å². The number of nitrogens with one attached hydrogen (secondary N) is 1. The third kappa shape index (κ3) is 3.44. The molecule has 0 amide bonds. The average Bonchev–Trinajstić information content (AvgIpc) is 2.63. The summed E-state index contributed by atoms with van der Waals surface area (Å²) in [6, 6.07) is 17.8. The molecule has 128 valence electrons. The lowest BCUT2D eigenvalue weighted by atomic mass is 10.1. The molecular weight excluding hydrogens is 390 g/mol. The molecule has 4 nitrogen and oxygen atoms in total. The number of hydrogen-bond donors (Lipinski definition) is 1. The highest BCUT2D eigenvalue weighted by atomic mass is 79.9. The number of hydrogen-bond acceptors (Lipinski definition) is 3. The summed E-state index contributed by atoms with van der Waals surface area (Å²) in [5.74, 6) is 0.659. The fraction of sp³-hybridized carbons (Fsp3) is 0.0952. The maximum Gasteiger partial charge on any atom is 0.258 e. The van der Waals surface area contributed by atoms with Gasteiger partial charge in [-0.2, -0.15) is 0 Å². The van der Waals surface area contributed by atoms with Crippen LogP contribution in [0.3, 0.4) is 0 Å². The minimum atomic E-state index is -0.119. The van der Waals surface area contributed by atoms with Gasteiger partial charge in [-0.25, -0.2) is 4.98 Å². The van der Waals surface area contributed by atoms with Crippen LogP contribution in [0.2, 0.25) is 0 Å². The van der Waals surface area contributed by atoms with Crippen LogP contribution in [-0.2, 0) is 6.42 Å². The maximum absolute atomic E-state index is 12.3. The Hall–Kier alpha value is -2.79. The summed E-state index contributed by atoms with van der Waals surface area (Å²) in [4.78, 5) is 24.2. The van der Waals surface area contributed by atoms with Gasteiger partial charge in [-0.05, 0) is 48.4 Å². The first-order chi connectivity index (χ1) is 12.6. The zero-order valence-electron chi connectivity index (χ0n) is 14.2. The largest absolute Gasteiger partial charge is 0.310 e. The lowest BCUT2D eigenvalue weighted by molar-refractivity contribution is 0.973. The minimum absolute atomic E-state index is 0.119. The fourth-order valence-corrected chi connectivity index (χ4v) is 3.28. The number of halogens is 1. The van der Waals surface area contributed by atoms with Crippen molar-refractivity contribution in [2.24, 2.45) is 0 Å². The molecule has 0 spiro atoms. The molecule has 0 aliphatic carbocycles. The second-order valence-electron chi connectivity index (χ2n) is 6.27. The smallest absolute Gasteiger partial charge is 0.258 e. The summed E-state index contributed by atoms with van der Waals surface area (Å²) in [5.41, 5.74) is 4.88. The number of aromatic nitrogens is 3. The van der Waals surface area contributed by atoms with Crippen LogP contribution in [0.15, 0.2) is 70.1 Å². The van der Waals surface area contributed by atoms with E-state index in [2.05, 4.69) is 43.9 Å². The number of H-pyrrole nitrogens is 1. The minimum Gasteiger partial charge on any atom is -0.310 e. The van der Waals surface area contributed by atoms with Crippen LogP contribution in [0.5, 0.6) is 0 Å². The first kappa shape index (κ1) is 16.7. The summed E-state index contributed by atoms with van der Waals surface area (Å²) in [5, 5.41) is 0.587. The molecule has 1 N–H and O–H groups in total. The highest BCUT2D eigenvalue weighted by molar-refractivity contribution is 9.10. The Morgan fingerprint density at radius 1 is 1.04 bits per heavy atom. The van der Waals surface area contributed by atoms with E-state index in [1.54, 1.807) is 6.07 Å². The second kappa shape index (κ2) is 6.84. The van der Waals surface area contributed by atoms with Crippen LogP contribution in [-0.4, -0.2) is 15.0 Å². The van der Waals surface area contributed by atoms with Crippen molar-refractivity contribution in [2.45, 2.75) is 13.3 Å². The van der Waals surface area contributed by atoms with Crippen LogP contribution in [0.1, 0.15) is 17.0 Å². The summed E-state index contributed by atoms with van der Waals surface area (Å²) < 4.78 is 0.866. The first-order valence-electron chi connectivity index (χ1n) is 8.29. The van der Waals surface area contributed by atoms with Gasteiger partial charge in [-0.1, -0.05) is 40.2 Å². The lowest BCUT2D eigenvalue weighted by Crippen LogP contribution is -2.12. The highest BCUT2D eigenvalue weighted by Gasteiger charge is 2.06. The molecule has 0 bridgehead atoms. The summed E-state index contributed by atoms with van der Waals surface area (Å²) in [6.07, 6.45) is 2.39. The Labute approximate surface area is 159 Å². The van der Waals surface area contributed by atoms with E-state index in [1.165, 1.54) is 5.56 Å². The van der Waals surface area contributed by atoms with E-state index in [4.69, 9.17) is 0 Å².